The fourth-order valence-corrected chi connectivity index (χ4v) is 4.89. The minimum Gasteiger partial charge on any atom is -0.316 e. The minimum absolute atomic E-state index is 0. The van der Waals surface area contributed by atoms with Crippen molar-refractivity contribution in [3.8, 4) is 11.3 Å². The molecule has 0 amide bonds. The largest absolute Gasteiger partial charge is 0.316 e. The molecule has 5 rings (SSSR count). The second-order valence-corrected chi connectivity index (χ2v) is 8.61. The normalized spacial score (nSPS) is 19.1. The molecule has 2 aliphatic rings. The summed E-state index contributed by atoms with van der Waals surface area (Å²) < 4.78 is 15.2. The third-order valence-electron chi connectivity index (χ3n) is 6.32. The lowest BCUT2D eigenvalue weighted by Gasteiger charge is -2.37. The van der Waals surface area contributed by atoms with Gasteiger partial charge < -0.3 is 9.88 Å². The highest BCUT2D eigenvalue weighted by Gasteiger charge is 2.31. The standard InChI is InChI=1S/C23H26FN5O.2ClH/c1-28(14-19-11-26-27-22(19)16-2-5-20(24)6-3-16)13-17-4-7-21-18-8-15(9-25-10-18)12-29(21)23(17)30;;/h2-7,11,15,18,25H,8-10,12-14H2,1H3,(H,26,27);2*1H/t15-,18+;;/m0../s1. The highest BCUT2D eigenvalue weighted by atomic mass is 35.5. The molecule has 0 radical (unpaired) electrons. The average molecular weight is 480 g/mol. The first-order valence-corrected chi connectivity index (χ1v) is 10.5. The maximum absolute atomic E-state index is 13.2. The van der Waals surface area contributed by atoms with Crippen molar-refractivity contribution in [3.63, 3.8) is 0 Å². The molecule has 6 nitrogen and oxygen atoms in total. The first kappa shape index (κ1) is 24.5. The third kappa shape index (κ3) is 4.76. The van der Waals surface area contributed by atoms with Gasteiger partial charge in [0.2, 0.25) is 0 Å². The second kappa shape index (κ2) is 10.2. The van der Waals surface area contributed by atoms with Gasteiger partial charge >= 0.3 is 0 Å². The molecular weight excluding hydrogens is 452 g/mol. The number of piperidine rings is 1. The average Bonchev–Trinajstić information content (AvgIpc) is 3.19. The van der Waals surface area contributed by atoms with E-state index >= 15 is 0 Å². The Morgan fingerprint density at radius 3 is 2.62 bits per heavy atom. The Hall–Kier alpha value is -2.19. The zero-order valence-electron chi connectivity index (χ0n) is 17.9. The van der Waals surface area contributed by atoms with Gasteiger partial charge in [-0.05, 0) is 56.3 Å². The Balaban J connectivity index is 0.00000144. The molecule has 0 unspecified atom stereocenters. The number of fused-ring (bicyclic) bond motifs is 4. The number of hydrogen-bond acceptors (Lipinski definition) is 4. The highest BCUT2D eigenvalue weighted by Crippen LogP contribution is 2.31. The van der Waals surface area contributed by atoms with Crippen LogP contribution in [0.15, 0.2) is 47.4 Å². The maximum atomic E-state index is 13.2. The van der Waals surface area contributed by atoms with Crippen molar-refractivity contribution in [2.45, 2.75) is 32.0 Å². The van der Waals surface area contributed by atoms with Gasteiger partial charge in [-0.3, -0.25) is 14.8 Å². The first-order chi connectivity index (χ1) is 14.6. The molecule has 1 saturated heterocycles. The van der Waals surface area contributed by atoms with Crippen molar-refractivity contribution in [3.05, 3.63) is 75.6 Å². The van der Waals surface area contributed by atoms with E-state index in [1.165, 1.54) is 24.2 Å². The van der Waals surface area contributed by atoms with E-state index in [0.717, 1.165) is 42.0 Å². The highest BCUT2D eigenvalue weighted by molar-refractivity contribution is 5.85. The molecule has 0 aliphatic carbocycles. The topological polar surface area (TPSA) is 66.0 Å². The van der Waals surface area contributed by atoms with E-state index in [1.807, 2.05) is 17.7 Å². The molecule has 1 fully saturated rings. The molecule has 2 aliphatic heterocycles. The lowest BCUT2D eigenvalue weighted by atomic mass is 9.84. The van der Waals surface area contributed by atoms with E-state index in [0.29, 0.717) is 24.9 Å². The van der Waals surface area contributed by atoms with Crippen LogP contribution >= 0.6 is 24.8 Å². The van der Waals surface area contributed by atoms with Crippen LogP contribution in [0.2, 0.25) is 0 Å². The van der Waals surface area contributed by atoms with Crippen LogP contribution in [0.1, 0.15) is 29.2 Å². The molecule has 3 aromatic rings. The summed E-state index contributed by atoms with van der Waals surface area (Å²) in [5.41, 5.74) is 4.92. The van der Waals surface area contributed by atoms with Gasteiger partial charge in [0.05, 0.1) is 11.9 Å². The van der Waals surface area contributed by atoms with Gasteiger partial charge in [-0.15, -0.1) is 24.8 Å². The van der Waals surface area contributed by atoms with Crippen molar-refractivity contribution in [2.75, 3.05) is 20.1 Å². The number of aromatic amines is 1. The van der Waals surface area contributed by atoms with Crippen molar-refractivity contribution >= 4 is 24.8 Å². The van der Waals surface area contributed by atoms with Crippen LogP contribution in [0.25, 0.3) is 11.3 Å². The first-order valence-electron chi connectivity index (χ1n) is 10.5. The lowest BCUT2D eigenvalue weighted by molar-refractivity contribution is 0.254. The van der Waals surface area contributed by atoms with E-state index < -0.39 is 0 Å². The van der Waals surface area contributed by atoms with E-state index in [-0.39, 0.29) is 36.2 Å². The number of aromatic nitrogens is 3. The van der Waals surface area contributed by atoms with Gasteiger partial charge in [-0.1, -0.05) is 6.07 Å². The van der Waals surface area contributed by atoms with E-state index in [9.17, 15) is 9.18 Å². The van der Waals surface area contributed by atoms with Gasteiger partial charge in [0.1, 0.15) is 5.82 Å². The molecule has 0 spiro atoms. The molecule has 4 heterocycles. The van der Waals surface area contributed by atoms with Crippen molar-refractivity contribution in [1.82, 2.24) is 25.0 Å². The predicted molar refractivity (Wildman–Crippen MR) is 128 cm³/mol. The van der Waals surface area contributed by atoms with Crippen molar-refractivity contribution in [1.29, 1.82) is 0 Å². The molecule has 9 heteroatoms. The van der Waals surface area contributed by atoms with Gasteiger partial charge in [0, 0.05) is 54.5 Å². The number of rotatable bonds is 5. The van der Waals surface area contributed by atoms with Crippen molar-refractivity contribution in [2.24, 2.45) is 5.92 Å². The summed E-state index contributed by atoms with van der Waals surface area (Å²) in [6.45, 7) is 3.98. The molecule has 172 valence electrons. The molecule has 2 bridgehead atoms. The SMILES string of the molecule is CN(Cc1cn[nH]c1-c1ccc(F)cc1)Cc1ccc2n(c1=O)C[C@@H]1CNC[C@H]2C1.Cl.Cl. The van der Waals surface area contributed by atoms with Crippen LogP contribution in [0.3, 0.4) is 0 Å². The van der Waals surface area contributed by atoms with Crippen LogP contribution in [0.4, 0.5) is 4.39 Å². The summed E-state index contributed by atoms with van der Waals surface area (Å²) >= 11 is 0. The zero-order chi connectivity index (χ0) is 20.7. The van der Waals surface area contributed by atoms with E-state index in [2.05, 4.69) is 26.5 Å². The number of H-pyrrole nitrogens is 1. The molecule has 2 N–H and O–H groups in total. The van der Waals surface area contributed by atoms with Crippen LogP contribution in [-0.4, -0.2) is 39.8 Å². The second-order valence-electron chi connectivity index (χ2n) is 8.61. The van der Waals surface area contributed by atoms with E-state index in [1.54, 1.807) is 18.3 Å². The molecule has 2 atom stereocenters. The lowest BCUT2D eigenvalue weighted by Crippen LogP contribution is -2.45. The summed E-state index contributed by atoms with van der Waals surface area (Å²) in [6.07, 6.45) is 2.97. The number of halogens is 3. The number of hydrogen-bond donors (Lipinski definition) is 2. The van der Waals surface area contributed by atoms with Gasteiger partial charge in [0.25, 0.3) is 5.56 Å². The number of benzene rings is 1. The van der Waals surface area contributed by atoms with Gasteiger partial charge in [-0.25, -0.2) is 4.39 Å². The third-order valence-corrected chi connectivity index (χ3v) is 6.32. The van der Waals surface area contributed by atoms with Crippen LogP contribution in [0, 0.1) is 11.7 Å². The van der Waals surface area contributed by atoms with Crippen LogP contribution in [0.5, 0.6) is 0 Å². The maximum Gasteiger partial charge on any atom is 0.255 e. The summed E-state index contributed by atoms with van der Waals surface area (Å²) in [6, 6.07) is 10.5. The summed E-state index contributed by atoms with van der Waals surface area (Å²) in [5.74, 6) is 0.733. The monoisotopic (exact) mass is 479 g/mol. The molecule has 0 saturated carbocycles. The number of pyridine rings is 1. The fourth-order valence-electron chi connectivity index (χ4n) is 4.89. The van der Waals surface area contributed by atoms with Gasteiger partial charge in [0.15, 0.2) is 0 Å². The quantitative estimate of drug-likeness (QED) is 0.586. The summed E-state index contributed by atoms with van der Waals surface area (Å²) in [5, 5.41) is 10.7. The molecular formula is C23H28Cl2FN5O. The Morgan fingerprint density at radius 2 is 1.84 bits per heavy atom. The zero-order valence-corrected chi connectivity index (χ0v) is 19.5. The fraction of sp³-hybridized carbons (Fsp3) is 0.391. The van der Waals surface area contributed by atoms with E-state index in [4.69, 9.17) is 0 Å². The predicted octanol–water partition coefficient (Wildman–Crippen LogP) is 3.56. The van der Waals surface area contributed by atoms with Crippen LogP contribution in [-0.2, 0) is 19.6 Å². The number of nitrogens with one attached hydrogen (secondary N) is 2. The minimum atomic E-state index is -0.260. The molecule has 32 heavy (non-hydrogen) atoms. The smallest absolute Gasteiger partial charge is 0.255 e. The Morgan fingerprint density at radius 1 is 1.09 bits per heavy atom. The van der Waals surface area contributed by atoms with Crippen LogP contribution < -0.4 is 10.9 Å². The van der Waals surface area contributed by atoms with Crippen molar-refractivity contribution < 1.29 is 4.39 Å². The Labute approximate surface area is 199 Å². The molecule has 1 aromatic carbocycles. The summed E-state index contributed by atoms with van der Waals surface area (Å²) in [4.78, 5) is 15.3. The van der Waals surface area contributed by atoms with Gasteiger partial charge in [-0.2, -0.15) is 5.10 Å². The summed E-state index contributed by atoms with van der Waals surface area (Å²) in [7, 11) is 2.00. The Kier molecular flexibility index (Phi) is 7.77. The molecule has 2 aromatic heterocycles. The Bertz CT molecular complexity index is 1110. The number of nitrogens with zero attached hydrogens (tertiary/aromatic N) is 3.